The molecule has 0 aliphatic heterocycles. The Kier molecular flexibility index (Phi) is 6.40. The maximum atomic E-state index is 13.8. The molecule has 0 saturated carbocycles. The summed E-state index contributed by atoms with van der Waals surface area (Å²) in [5.74, 6) is -0.291. The number of pyridine rings is 1. The van der Waals surface area contributed by atoms with Crippen LogP contribution < -0.4 is 5.69 Å². The van der Waals surface area contributed by atoms with Gasteiger partial charge in [0.05, 0.1) is 31.1 Å². The lowest BCUT2D eigenvalue weighted by atomic mass is 10.1. The van der Waals surface area contributed by atoms with Gasteiger partial charge in [0.15, 0.2) is 5.65 Å². The van der Waals surface area contributed by atoms with Gasteiger partial charge in [0.25, 0.3) is 0 Å². The van der Waals surface area contributed by atoms with Crippen LogP contribution in [0.5, 0.6) is 0 Å². The number of carbonyl (C=O) groups excluding carboxylic acids is 1. The van der Waals surface area contributed by atoms with E-state index < -0.39 is 0 Å². The molecule has 0 radical (unpaired) electrons. The van der Waals surface area contributed by atoms with Crippen LogP contribution in [0, 0.1) is 13.8 Å². The molecule has 0 amide bonds. The first kappa shape index (κ1) is 22.8. The Morgan fingerprint density at radius 3 is 2.64 bits per heavy atom. The van der Waals surface area contributed by atoms with E-state index in [9.17, 15) is 9.59 Å². The molecule has 4 rings (SSSR count). The van der Waals surface area contributed by atoms with Crippen molar-refractivity contribution in [2.45, 2.75) is 59.5 Å². The molecule has 0 spiro atoms. The number of esters is 1. The molecule has 0 fully saturated rings. The Morgan fingerprint density at radius 2 is 1.91 bits per heavy atom. The van der Waals surface area contributed by atoms with Gasteiger partial charge in [-0.05, 0) is 56.5 Å². The Balaban J connectivity index is 1.88. The number of hydrogen-bond acceptors (Lipinski definition) is 4. The van der Waals surface area contributed by atoms with E-state index in [1.54, 1.807) is 16.1 Å². The minimum atomic E-state index is -0.297. The lowest BCUT2D eigenvalue weighted by molar-refractivity contribution is -0.144. The van der Waals surface area contributed by atoms with E-state index in [0.29, 0.717) is 25.2 Å². The highest BCUT2D eigenvalue weighted by atomic mass is 16.5. The van der Waals surface area contributed by atoms with E-state index in [1.165, 1.54) is 10.9 Å². The predicted octanol–water partition coefficient (Wildman–Crippen LogP) is 4.65. The number of benzene rings is 1. The Bertz CT molecular complexity index is 1380. The van der Waals surface area contributed by atoms with E-state index in [2.05, 4.69) is 42.8 Å². The van der Waals surface area contributed by atoms with Gasteiger partial charge in [0, 0.05) is 29.8 Å². The zero-order chi connectivity index (χ0) is 23.7. The van der Waals surface area contributed by atoms with Crippen LogP contribution in [0.15, 0.2) is 41.3 Å². The van der Waals surface area contributed by atoms with E-state index in [-0.39, 0.29) is 24.1 Å². The van der Waals surface area contributed by atoms with Gasteiger partial charge < -0.3 is 9.30 Å². The summed E-state index contributed by atoms with van der Waals surface area (Å²) in [7, 11) is 2.03. The topological polar surface area (TPSA) is 71.0 Å². The van der Waals surface area contributed by atoms with Crippen molar-refractivity contribution < 1.29 is 9.53 Å². The third-order valence-electron chi connectivity index (χ3n) is 6.27. The monoisotopic (exact) mass is 448 g/mol. The Morgan fingerprint density at radius 1 is 1.12 bits per heavy atom. The van der Waals surface area contributed by atoms with Crippen molar-refractivity contribution in [3.63, 3.8) is 0 Å². The van der Waals surface area contributed by atoms with Crippen LogP contribution in [0.3, 0.4) is 0 Å². The quantitative estimate of drug-likeness (QED) is 0.368. The van der Waals surface area contributed by atoms with Crippen LogP contribution >= 0.6 is 0 Å². The van der Waals surface area contributed by atoms with E-state index in [0.717, 1.165) is 28.7 Å². The number of carbonyl (C=O) groups is 1. The zero-order valence-corrected chi connectivity index (χ0v) is 20.1. The van der Waals surface area contributed by atoms with Crippen molar-refractivity contribution in [3.8, 4) is 0 Å². The number of aromatic nitrogens is 4. The smallest absolute Gasteiger partial charge is 0.330 e. The molecule has 0 bridgehead atoms. The number of ether oxygens (including phenoxy) is 1. The molecule has 7 heteroatoms. The summed E-state index contributed by atoms with van der Waals surface area (Å²) in [6, 6.07) is 9.84. The summed E-state index contributed by atoms with van der Waals surface area (Å²) in [6.07, 6.45) is 3.79. The highest BCUT2D eigenvalue weighted by Gasteiger charge is 2.25. The number of rotatable bonds is 8. The van der Waals surface area contributed by atoms with Gasteiger partial charge in [-0.25, -0.2) is 9.78 Å². The average Bonchev–Trinajstić information content (AvgIpc) is 3.23. The second-order valence-corrected chi connectivity index (χ2v) is 8.72. The van der Waals surface area contributed by atoms with Crippen molar-refractivity contribution >= 4 is 28.0 Å². The first-order chi connectivity index (χ1) is 15.8. The van der Waals surface area contributed by atoms with Gasteiger partial charge >= 0.3 is 11.7 Å². The summed E-state index contributed by atoms with van der Waals surface area (Å²) in [6.45, 7) is 8.63. The van der Waals surface area contributed by atoms with Crippen LogP contribution in [0.25, 0.3) is 22.1 Å². The maximum Gasteiger partial charge on any atom is 0.330 e. The fourth-order valence-electron chi connectivity index (χ4n) is 4.82. The third kappa shape index (κ3) is 4.19. The number of fused-ring (bicyclic) bond motifs is 2. The number of nitrogens with zero attached hydrogens (tertiary/aromatic N) is 4. The Labute approximate surface area is 193 Å². The van der Waals surface area contributed by atoms with Crippen molar-refractivity contribution in [3.05, 3.63) is 63.8 Å². The van der Waals surface area contributed by atoms with Gasteiger partial charge in [-0.1, -0.05) is 25.5 Å². The van der Waals surface area contributed by atoms with Gasteiger partial charge in [0.2, 0.25) is 0 Å². The van der Waals surface area contributed by atoms with Crippen molar-refractivity contribution in [2.75, 3.05) is 6.61 Å². The lowest BCUT2D eigenvalue weighted by Crippen LogP contribution is -2.29. The fraction of sp³-hybridized carbons (Fsp3) is 0.423. The second-order valence-electron chi connectivity index (χ2n) is 8.72. The van der Waals surface area contributed by atoms with Gasteiger partial charge in [-0.15, -0.1) is 0 Å². The van der Waals surface area contributed by atoms with E-state index in [1.807, 2.05) is 26.1 Å². The Hall–Kier alpha value is -3.35. The first-order valence-electron chi connectivity index (χ1n) is 11.6. The molecule has 0 N–H and O–H groups in total. The second kappa shape index (κ2) is 9.25. The minimum Gasteiger partial charge on any atom is -0.466 e. The van der Waals surface area contributed by atoms with Crippen molar-refractivity contribution in [1.82, 2.24) is 18.7 Å². The maximum absolute atomic E-state index is 13.8. The molecular weight excluding hydrogens is 416 g/mol. The molecule has 3 heterocycles. The van der Waals surface area contributed by atoms with Crippen LogP contribution in [0.1, 0.15) is 56.0 Å². The molecule has 0 aliphatic rings. The van der Waals surface area contributed by atoms with Gasteiger partial charge in [-0.3, -0.25) is 13.9 Å². The minimum absolute atomic E-state index is 0.142. The fourth-order valence-corrected chi connectivity index (χ4v) is 4.82. The number of aryl methyl sites for hydroxylation is 3. The summed E-state index contributed by atoms with van der Waals surface area (Å²) in [4.78, 5) is 30.9. The van der Waals surface area contributed by atoms with Crippen LogP contribution in [0.2, 0.25) is 0 Å². The SMILES string of the molecule is CCCC(CC(=O)OCC)n1c(=O)n(Cc2cn(C)c3cccc(C)c23)c2ccc(C)nc21. The molecule has 7 nitrogen and oxygen atoms in total. The highest BCUT2D eigenvalue weighted by Crippen LogP contribution is 2.27. The third-order valence-corrected chi connectivity index (χ3v) is 6.27. The van der Waals surface area contributed by atoms with Crippen LogP contribution in [-0.4, -0.2) is 31.3 Å². The zero-order valence-electron chi connectivity index (χ0n) is 20.1. The van der Waals surface area contributed by atoms with Crippen LogP contribution in [-0.2, 0) is 23.1 Å². The summed E-state index contributed by atoms with van der Waals surface area (Å²) >= 11 is 0. The summed E-state index contributed by atoms with van der Waals surface area (Å²) in [5, 5.41) is 1.17. The first-order valence-corrected chi connectivity index (χ1v) is 11.6. The standard InChI is InChI=1S/C26H32N4O3/c1-6-9-20(14-23(31)33-7-2)30-25-22(13-12-18(4)27-25)29(26(30)32)16-19-15-28(5)21-11-8-10-17(3)24(19)21/h8,10-13,15,20H,6-7,9,14,16H2,1-5H3. The largest absolute Gasteiger partial charge is 0.466 e. The normalized spacial score (nSPS) is 12.5. The molecule has 4 aromatic rings. The van der Waals surface area contributed by atoms with Crippen molar-refractivity contribution in [2.24, 2.45) is 7.05 Å². The summed E-state index contributed by atoms with van der Waals surface area (Å²) in [5.41, 5.74) is 5.50. The molecule has 0 aliphatic carbocycles. The number of imidazole rings is 1. The van der Waals surface area contributed by atoms with Crippen LogP contribution in [0.4, 0.5) is 0 Å². The number of hydrogen-bond donors (Lipinski definition) is 0. The molecular formula is C26H32N4O3. The molecule has 1 aromatic carbocycles. The van der Waals surface area contributed by atoms with Gasteiger partial charge in [-0.2, -0.15) is 0 Å². The molecule has 3 aromatic heterocycles. The summed E-state index contributed by atoms with van der Waals surface area (Å²) < 4.78 is 10.8. The molecule has 1 unspecified atom stereocenters. The highest BCUT2D eigenvalue weighted by molar-refractivity contribution is 5.87. The van der Waals surface area contributed by atoms with E-state index >= 15 is 0 Å². The van der Waals surface area contributed by atoms with Crippen molar-refractivity contribution in [1.29, 1.82) is 0 Å². The molecule has 33 heavy (non-hydrogen) atoms. The van der Waals surface area contributed by atoms with E-state index in [4.69, 9.17) is 9.72 Å². The predicted molar refractivity (Wildman–Crippen MR) is 131 cm³/mol. The molecule has 174 valence electrons. The lowest BCUT2D eigenvalue weighted by Gasteiger charge is -2.17. The van der Waals surface area contributed by atoms with Gasteiger partial charge in [0.1, 0.15) is 0 Å². The average molecular weight is 449 g/mol. The molecule has 1 atom stereocenters. The molecule has 0 saturated heterocycles.